The van der Waals surface area contributed by atoms with Crippen LogP contribution in [-0.4, -0.2) is 5.16 Å². The quantitative estimate of drug-likeness (QED) is 0.833. The maximum atomic E-state index is 6.33. The zero-order valence-electron chi connectivity index (χ0n) is 11.5. The average Bonchev–Trinajstić information content (AvgIpc) is 3.09. The van der Waals surface area contributed by atoms with Gasteiger partial charge in [-0.1, -0.05) is 47.3 Å². The number of halogens is 2. The second kappa shape index (κ2) is 4.92. The molecule has 2 unspecified atom stereocenters. The van der Waals surface area contributed by atoms with Crippen molar-refractivity contribution in [3.63, 3.8) is 0 Å². The number of aromatic nitrogens is 1. The molecule has 3 nitrogen and oxygen atoms in total. The number of hydrogen-bond acceptors (Lipinski definition) is 3. The highest BCUT2D eigenvalue weighted by Gasteiger charge is 2.54. The van der Waals surface area contributed by atoms with E-state index >= 15 is 0 Å². The molecular formula is C16H16Cl2N2O. The van der Waals surface area contributed by atoms with E-state index in [2.05, 4.69) is 5.16 Å². The number of nitrogens with zero attached hydrogens (tertiary/aromatic N) is 1. The number of rotatable bonds is 2. The van der Waals surface area contributed by atoms with Gasteiger partial charge in [-0.05, 0) is 36.8 Å². The van der Waals surface area contributed by atoms with E-state index in [0.29, 0.717) is 21.8 Å². The molecule has 2 aromatic rings. The molecule has 4 rings (SSSR count). The maximum Gasteiger partial charge on any atom is 0.230 e. The lowest BCUT2D eigenvalue weighted by atomic mass is 10.0. The minimum atomic E-state index is 0.309. The molecule has 2 atom stereocenters. The summed E-state index contributed by atoms with van der Waals surface area (Å²) in [6, 6.07) is 5.46. The van der Waals surface area contributed by atoms with Crippen molar-refractivity contribution in [1.29, 1.82) is 0 Å². The fourth-order valence-corrected chi connectivity index (χ4v) is 4.52. The predicted octanol–water partition coefficient (Wildman–Crippen LogP) is 5.13. The van der Waals surface area contributed by atoms with Crippen LogP contribution in [0.5, 0.6) is 0 Å². The Morgan fingerprint density at radius 2 is 1.67 bits per heavy atom. The van der Waals surface area contributed by atoms with Crippen molar-refractivity contribution in [1.82, 2.24) is 5.16 Å². The van der Waals surface area contributed by atoms with Crippen LogP contribution in [0.1, 0.15) is 37.3 Å². The largest absolute Gasteiger partial charge is 0.367 e. The van der Waals surface area contributed by atoms with Gasteiger partial charge in [0.1, 0.15) is 0 Å². The van der Waals surface area contributed by atoms with Crippen LogP contribution in [0.15, 0.2) is 22.7 Å². The molecule has 0 bridgehead atoms. The molecule has 0 aliphatic heterocycles. The molecule has 1 aromatic carbocycles. The van der Waals surface area contributed by atoms with Crippen molar-refractivity contribution >= 4 is 29.1 Å². The fraction of sp³-hybridized carbons (Fsp3) is 0.438. The van der Waals surface area contributed by atoms with Gasteiger partial charge in [-0.15, -0.1) is 0 Å². The third-order valence-corrected chi connectivity index (χ3v) is 5.56. The summed E-state index contributed by atoms with van der Waals surface area (Å²) in [5.74, 6) is 2.21. The lowest BCUT2D eigenvalue weighted by Crippen LogP contribution is -1.92. The summed E-state index contributed by atoms with van der Waals surface area (Å²) < 4.78 is 5.28. The van der Waals surface area contributed by atoms with Gasteiger partial charge in [-0.2, -0.15) is 0 Å². The van der Waals surface area contributed by atoms with Gasteiger partial charge in [-0.25, -0.2) is 0 Å². The van der Waals surface area contributed by atoms with E-state index in [4.69, 9.17) is 33.5 Å². The van der Waals surface area contributed by atoms with Crippen LogP contribution in [0.4, 0.5) is 5.88 Å². The first kappa shape index (κ1) is 13.5. The van der Waals surface area contributed by atoms with Crippen LogP contribution >= 0.6 is 23.2 Å². The van der Waals surface area contributed by atoms with Crippen LogP contribution in [0.2, 0.25) is 10.0 Å². The lowest BCUT2D eigenvalue weighted by Gasteiger charge is -2.07. The summed E-state index contributed by atoms with van der Waals surface area (Å²) in [5, 5.41) is 5.41. The molecule has 21 heavy (non-hydrogen) atoms. The lowest BCUT2D eigenvalue weighted by molar-refractivity contribution is 0.426. The minimum absolute atomic E-state index is 0.309. The first-order valence-electron chi connectivity index (χ1n) is 7.38. The monoisotopic (exact) mass is 322 g/mol. The number of hydrogen-bond donors (Lipinski definition) is 1. The Kier molecular flexibility index (Phi) is 3.16. The molecule has 0 saturated heterocycles. The Morgan fingerprint density at radius 1 is 1.05 bits per heavy atom. The standard InChI is InChI=1S/C16H16Cl2N2O/c17-10-6-3-7-11(18)13(10)14-15(20-21-16(14)19)12-8-4-1-2-5-9(8)12/h3,6-9,12H,1-2,4-5,19H2. The number of fused-ring (bicyclic) bond motifs is 1. The zero-order valence-corrected chi connectivity index (χ0v) is 13.0. The zero-order chi connectivity index (χ0) is 14.6. The molecule has 0 spiro atoms. The molecule has 2 aliphatic carbocycles. The SMILES string of the molecule is Nc1onc(C2C3CCCCC32)c1-c1c(Cl)cccc1Cl. The molecule has 5 heteroatoms. The van der Waals surface area contributed by atoms with E-state index in [0.717, 1.165) is 28.7 Å². The molecule has 1 heterocycles. The fourth-order valence-electron chi connectivity index (χ4n) is 3.93. The summed E-state index contributed by atoms with van der Waals surface area (Å²) in [7, 11) is 0. The number of nitrogen functional groups attached to an aromatic ring is 1. The Hall–Kier alpha value is -1.19. The Labute approximate surface area is 133 Å². The Bertz CT molecular complexity index is 665. The molecular weight excluding hydrogens is 307 g/mol. The second-order valence-corrected chi connectivity index (χ2v) is 6.86. The van der Waals surface area contributed by atoms with Gasteiger partial charge >= 0.3 is 0 Å². The summed E-state index contributed by atoms with van der Waals surface area (Å²) in [6.45, 7) is 0. The van der Waals surface area contributed by atoms with E-state index in [9.17, 15) is 0 Å². The van der Waals surface area contributed by atoms with Crippen molar-refractivity contribution in [2.24, 2.45) is 11.8 Å². The van der Waals surface area contributed by atoms with Gasteiger partial charge in [0.2, 0.25) is 5.88 Å². The van der Waals surface area contributed by atoms with Gasteiger partial charge in [0.15, 0.2) is 0 Å². The number of benzene rings is 1. The van der Waals surface area contributed by atoms with Gasteiger partial charge in [-0.3, -0.25) is 0 Å². The summed E-state index contributed by atoms with van der Waals surface area (Å²) in [6.07, 6.45) is 5.18. The topological polar surface area (TPSA) is 52.0 Å². The highest BCUT2D eigenvalue weighted by molar-refractivity contribution is 6.39. The van der Waals surface area contributed by atoms with E-state index in [1.54, 1.807) is 0 Å². The Morgan fingerprint density at radius 3 is 2.29 bits per heavy atom. The minimum Gasteiger partial charge on any atom is -0.367 e. The molecule has 2 saturated carbocycles. The first-order valence-corrected chi connectivity index (χ1v) is 8.13. The van der Waals surface area contributed by atoms with Crippen LogP contribution in [0.25, 0.3) is 11.1 Å². The van der Waals surface area contributed by atoms with E-state index in [-0.39, 0.29) is 0 Å². The highest BCUT2D eigenvalue weighted by atomic mass is 35.5. The summed E-state index contributed by atoms with van der Waals surface area (Å²) in [5.41, 5.74) is 8.51. The molecule has 2 aliphatic rings. The van der Waals surface area contributed by atoms with Crippen molar-refractivity contribution in [2.45, 2.75) is 31.6 Å². The van der Waals surface area contributed by atoms with Crippen LogP contribution in [0, 0.1) is 11.8 Å². The van der Waals surface area contributed by atoms with E-state index < -0.39 is 0 Å². The molecule has 0 amide bonds. The number of nitrogens with two attached hydrogens (primary N) is 1. The maximum absolute atomic E-state index is 6.33. The first-order chi connectivity index (χ1) is 10.2. The molecule has 2 N–H and O–H groups in total. The van der Waals surface area contributed by atoms with E-state index in [1.165, 1.54) is 25.7 Å². The van der Waals surface area contributed by atoms with Gasteiger partial charge in [0, 0.05) is 11.5 Å². The highest BCUT2D eigenvalue weighted by Crippen LogP contribution is 2.63. The smallest absolute Gasteiger partial charge is 0.230 e. The normalized spacial score (nSPS) is 27.4. The van der Waals surface area contributed by atoms with Crippen LogP contribution in [-0.2, 0) is 0 Å². The van der Waals surface area contributed by atoms with E-state index in [1.807, 2.05) is 18.2 Å². The van der Waals surface area contributed by atoms with Crippen LogP contribution in [0.3, 0.4) is 0 Å². The van der Waals surface area contributed by atoms with Crippen molar-refractivity contribution in [3.05, 3.63) is 33.9 Å². The molecule has 0 radical (unpaired) electrons. The van der Waals surface area contributed by atoms with Gasteiger partial charge < -0.3 is 10.3 Å². The third kappa shape index (κ3) is 2.06. The molecule has 110 valence electrons. The summed E-state index contributed by atoms with van der Waals surface area (Å²) in [4.78, 5) is 0. The second-order valence-electron chi connectivity index (χ2n) is 6.04. The molecule has 2 fully saturated rings. The van der Waals surface area contributed by atoms with Crippen molar-refractivity contribution < 1.29 is 4.52 Å². The predicted molar refractivity (Wildman–Crippen MR) is 84.6 cm³/mol. The Balaban J connectivity index is 1.82. The van der Waals surface area contributed by atoms with Gasteiger partial charge in [0.05, 0.1) is 21.3 Å². The van der Waals surface area contributed by atoms with Crippen molar-refractivity contribution in [3.8, 4) is 11.1 Å². The van der Waals surface area contributed by atoms with Crippen molar-refractivity contribution in [2.75, 3.05) is 5.73 Å². The third-order valence-electron chi connectivity index (χ3n) is 4.93. The number of anilines is 1. The molecule has 1 aromatic heterocycles. The average molecular weight is 323 g/mol. The van der Waals surface area contributed by atoms with Gasteiger partial charge in [0.25, 0.3) is 0 Å². The summed E-state index contributed by atoms with van der Waals surface area (Å²) >= 11 is 12.7. The van der Waals surface area contributed by atoms with Crippen LogP contribution < -0.4 is 5.73 Å².